The Hall–Kier alpha value is -1.78. The lowest BCUT2D eigenvalue weighted by atomic mass is 9.80. The molecule has 0 bridgehead atoms. The molecule has 1 aromatic rings. The number of hydrogen-bond acceptors (Lipinski definition) is 4. The zero-order valence-electron chi connectivity index (χ0n) is 12.3. The molecule has 20 heavy (non-hydrogen) atoms. The first-order chi connectivity index (χ1) is 9.52. The van der Waals surface area contributed by atoms with Crippen LogP contribution in [0.15, 0.2) is 17.4 Å². The number of pyridine rings is 1. The van der Waals surface area contributed by atoms with Gasteiger partial charge >= 0.3 is 0 Å². The Morgan fingerprint density at radius 2 is 2.15 bits per heavy atom. The second-order valence-corrected chi connectivity index (χ2v) is 5.80. The lowest BCUT2D eigenvalue weighted by Crippen LogP contribution is -2.30. The molecule has 1 heterocycles. The van der Waals surface area contributed by atoms with E-state index in [4.69, 9.17) is 15.7 Å². The van der Waals surface area contributed by atoms with Gasteiger partial charge in [0.25, 0.3) is 0 Å². The van der Waals surface area contributed by atoms with E-state index in [1.54, 1.807) is 6.20 Å². The highest BCUT2D eigenvalue weighted by Crippen LogP contribution is 2.32. The van der Waals surface area contributed by atoms with Crippen LogP contribution >= 0.6 is 0 Å². The first-order valence-corrected chi connectivity index (χ1v) is 7.13. The number of aryl methyl sites for hydroxylation is 1. The molecule has 3 atom stereocenters. The van der Waals surface area contributed by atoms with Crippen LogP contribution in [0.2, 0.25) is 0 Å². The van der Waals surface area contributed by atoms with Crippen LogP contribution in [0.5, 0.6) is 5.88 Å². The Morgan fingerprint density at radius 3 is 2.80 bits per heavy atom. The van der Waals surface area contributed by atoms with Crippen LogP contribution in [0, 0.1) is 18.8 Å². The summed E-state index contributed by atoms with van der Waals surface area (Å²) >= 11 is 0. The maximum absolute atomic E-state index is 8.90. The smallest absolute Gasteiger partial charge is 0.225 e. The number of rotatable bonds is 3. The number of amidine groups is 1. The van der Waals surface area contributed by atoms with Gasteiger partial charge in [-0.25, -0.2) is 4.98 Å². The summed E-state index contributed by atoms with van der Waals surface area (Å²) in [5.74, 6) is 1.89. The first-order valence-electron chi connectivity index (χ1n) is 7.13. The minimum absolute atomic E-state index is 0.0443. The molecule has 2 rings (SSSR count). The van der Waals surface area contributed by atoms with Gasteiger partial charge in [-0.2, -0.15) is 0 Å². The number of oxime groups is 1. The van der Waals surface area contributed by atoms with E-state index in [9.17, 15) is 0 Å². The molecule has 5 heteroatoms. The maximum atomic E-state index is 8.90. The molecule has 1 saturated carbocycles. The number of nitrogens with two attached hydrogens (primary N) is 1. The fourth-order valence-corrected chi connectivity index (χ4v) is 2.75. The van der Waals surface area contributed by atoms with E-state index in [1.165, 1.54) is 0 Å². The molecule has 0 amide bonds. The zero-order chi connectivity index (χ0) is 14.7. The topological polar surface area (TPSA) is 80.7 Å². The fraction of sp³-hybridized carbons (Fsp3) is 0.600. The predicted molar refractivity (Wildman–Crippen MR) is 78.1 cm³/mol. The monoisotopic (exact) mass is 277 g/mol. The molecule has 0 radical (unpaired) electrons. The summed E-state index contributed by atoms with van der Waals surface area (Å²) in [5.41, 5.74) is 7.21. The first kappa shape index (κ1) is 14.6. The van der Waals surface area contributed by atoms with Gasteiger partial charge in [-0.15, -0.1) is 0 Å². The van der Waals surface area contributed by atoms with Crippen LogP contribution in [0.1, 0.15) is 44.2 Å². The van der Waals surface area contributed by atoms with Crippen molar-refractivity contribution in [1.82, 2.24) is 4.98 Å². The van der Waals surface area contributed by atoms with Crippen molar-refractivity contribution in [2.24, 2.45) is 22.7 Å². The van der Waals surface area contributed by atoms with Crippen molar-refractivity contribution in [2.75, 3.05) is 0 Å². The molecular formula is C15H23N3O2. The summed E-state index contributed by atoms with van der Waals surface area (Å²) in [6, 6.07) is 1.83. The normalized spacial score (nSPS) is 27.4. The van der Waals surface area contributed by atoms with E-state index < -0.39 is 0 Å². The molecular weight excluding hydrogens is 254 g/mol. The molecule has 1 aliphatic carbocycles. The van der Waals surface area contributed by atoms with Crippen molar-refractivity contribution in [1.29, 1.82) is 0 Å². The summed E-state index contributed by atoms with van der Waals surface area (Å²) in [7, 11) is 0. The molecule has 1 fully saturated rings. The minimum Gasteiger partial charge on any atom is -0.474 e. The fourth-order valence-electron chi connectivity index (χ4n) is 2.75. The van der Waals surface area contributed by atoms with Gasteiger partial charge in [-0.3, -0.25) is 0 Å². The molecule has 0 saturated heterocycles. The van der Waals surface area contributed by atoms with E-state index >= 15 is 0 Å². The zero-order valence-corrected chi connectivity index (χ0v) is 12.3. The van der Waals surface area contributed by atoms with Gasteiger partial charge in [0.2, 0.25) is 5.88 Å². The van der Waals surface area contributed by atoms with Crippen LogP contribution in [0.25, 0.3) is 0 Å². The van der Waals surface area contributed by atoms with E-state index in [-0.39, 0.29) is 11.9 Å². The predicted octanol–water partition coefficient (Wildman–Crippen LogP) is 2.69. The van der Waals surface area contributed by atoms with Gasteiger partial charge in [0.05, 0.1) is 5.56 Å². The summed E-state index contributed by atoms with van der Waals surface area (Å²) in [6.07, 6.45) is 5.05. The van der Waals surface area contributed by atoms with Crippen LogP contribution in [0.4, 0.5) is 0 Å². The van der Waals surface area contributed by atoms with Crippen LogP contribution in [0.3, 0.4) is 0 Å². The largest absolute Gasteiger partial charge is 0.474 e. The number of aromatic nitrogens is 1. The highest BCUT2D eigenvalue weighted by atomic mass is 16.5. The van der Waals surface area contributed by atoms with Crippen molar-refractivity contribution in [3.05, 3.63) is 23.4 Å². The molecule has 5 nitrogen and oxygen atoms in total. The molecule has 1 aliphatic rings. The third-order valence-electron chi connectivity index (χ3n) is 4.32. The van der Waals surface area contributed by atoms with Gasteiger partial charge in [-0.1, -0.05) is 19.0 Å². The number of ether oxygens (including phenoxy) is 1. The summed E-state index contributed by atoms with van der Waals surface area (Å²) in [6.45, 7) is 6.44. The Kier molecular flexibility index (Phi) is 4.47. The highest BCUT2D eigenvalue weighted by molar-refractivity contribution is 6.00. The van der Waals surface area contributed by atoms with Gasteiger partial charge in [0.15, 0.2) is 5.84 Å². The Morgan fingerprint density at radius 1 is 1.40 bits per heavy atom. The van der Waals surface area contributed by atoms with Crippen LogP contribution < -0.4 is 10.5 Å². The van der Waals surface area contributed by atoms with E-state index in [1.807, 2.05) is 13.0 Å². The summed E-state index contributed by atoms with van der Waals surface area (Å²) < 4.78 is 6.03. The molecule has 3 unspecified atom stereocenters. The molecule has 3 N–H and O–H groups in total. The van der Waals surface area contributed by atoms with Crippen molar-refractivity contribution >= 4 is 5.84 Å². The van der Waals surface area contributed by atoms with Crippen molar-refractivity contribution < 1.29 is 9.94 Å². The molecule has 0 aliphatic heterocycles. The van der Waals surface area contributed by atoms with Gasteiger partial charge in [0, 0.05) is 6.20 Å². The third-order valence-corrected chi connectivity index (χ3v) is 4.32. The van der Waals surface area contributed by atoms with Gasteiger partial charge < -0.3 is 15.7 Å². The summed E-state index contributed by atoms with van der Waals surface area (Å²) in [4.78, 5) is 4.25. The third kappa shape index (κ3) is 3.03. The van der Waals surface area contributed by atoms with Gasteiger partial charge in [0.1, 0.15) is 6.10 Å². The average Bonchev–Trinajstić information content (AvgIpc) is 2.42. The summed E-state index contributed by atoms with van der Waals surface area (Å²) in [5, 5.41) is 12.0. The van der Waals surface area contributed by atoms with Crippen molar-refractivity contribution in [3.8, 4) is 5.88 Å². The molecule has 0 aromatic carbocycles. The van der Waals surface area contributed by atoms with Crippen LogP contribution in [-0.4, -0.2) is 22.1 Å². The molecule has 110 valence electrons. The second kappa shape index (κ2) is 6.11. The molecule has 0 spiro atoms. The lowest BCUT2D eigenvalue weighted by molar-refractivity contribution is 0.0962. The average molecular weight is 277 g/mol. The van der Waals surface area contributed by atoms with Crippen molar-refractivity contribution in [3.63, 3.8) is 0 Å². The maximum Gasteiger partial charge on any atom is 0.225 e. The Labute approximate surface area is 119 Å². The number of nitrogens with zero attached hydrogens (tertiary/aromatic N) is 2. The Balaban J connectivity index is 2.20. The molecule has 1 aromatic heterocycles. The second-order valence-electron chi connectivity index (χ2n) is 5.80. The highest BCUT2D eigenvalue weighted by Gasteiger charge is 2.27. The number of hydrogen-bond donors (Lipinski definition) is 2. The van der Waals surface area contributed by atoms with E-state index in [0.717, 1.165) is 30.7 Å². The van der Waals surface area contributed by atoms with Gasteiger partial charge in [-0.05, 0) is 49.7 Å². The SMILES string of the molecule is Cc1ccnc(OC2CCC(C)C(C)C2)c1/C(N)=N/O. The lowest BCUT2D eigenvalue weighted by Gasteiger charge is -2.32. The quantitative estimate of drug-likeness (QED) is 0.385. The van der Waals surface area contributed by atoms with E-state index in [2.05, 4.69) is 24.0 Å². The van der Waals surface area contributed by atoms with Crippen molar-refractivity contribution in [2.45, 2.75) is 46.1 Å². The standard InChI is InChI=1S/C15H23N3O2/c1-9-4-5-12(8-11(9)3)20-15-13(14(16)18-19)10(2)6-7-17-15/h6-7,9,11-12,19H,4-5,8H2,1-3H3,(H2,16,18). The Bertz CT molecular complexity index is 502. The minimum atomic E-state index is 0.0443. The van der Waals surface area contributed by atoms with E-state index in [0.29, 0.717) is 17.4 Å². The van der Waals surface area contributed by atoms with Crippen LogP contribution in [-0.2, 0) is 0 Å².